The number of halogens is 4. The van der Waals surface area contributed by atoms with Gasteiger partial charge in [0.05, 0.1) is 15.1 Å². The molecule has 0 aromatic heterocycles. The molecule has 0 amide bonds. The Balaban J connectivity index is 2.11. The van der Waals surface area contributed by atoms with E-state index in [9.17, 15) is 0 Å². The van der Waals surface area contributed by atoms with Crippen LogP contribution in [0.5, 0.6) is 5.75 Å². The Labute approximate surface area is 112 Å². The Morgan fingerprint density at radius 2 is 1.67 bits per heavy atom. The normalized spacial score (nSPS) is 24.8. The summed E-state index contributed by atoms with van der Waals surface area (Å²) in [4.78, 5) is 0.559. The summed E-state index contributed by atoms with van der Waals surface area (Å²) in [5, 5.41) is 1.41. The van der Waals surface area contributed by atoms with Crippen molar-refractivity contribution >= 4 is 50.7 Å². The van der Waals surface area contributed by atoms with Crippen molar-refractivity contribution in [1.29, 1.82) is 0 Å². The number of ether oxygens (including phenoxy) is 1. The average Bonchev–Trinajstić information content (AvgIpc) is 2.11. The van der Waals surface area contributed by atoms with Gasteiger partial charge in [-0.2, -0.15) is 0 Å². The predicted octanol–water partition coefficient (Wildman–Crippen LogP) is 4.95. The highest BCUT2D eigenvalue weighted by atomic mass is 79.9. The van der Waals surface area contributed by atoms with Crippen molar-refractivity contribution in [2.75, 3.05) is 0 Å². The maximum atomic E-state index is 5.98. The van der Waals surface area contributed by atoms with Crippen molar-refractivity contribution in [2.45, 2.75) is 23.8 Å². The van der Waals surface area contributed by atoms with Crippen LogP contribution in [-0.4, -0.2) is 10.9 Å². The molecule has 0 radical (unpaired) electrons. The zero-order valence-corrected chi connectivity index (χ0v) is 11.5. The van der Waals surface area contributed by atoms with Crippen LogP contribution in [0, 0.1) is 0 Å². The molecule has 2 rings (SSSR count). The largest absolute Gasteiger partial charge is 0.489 e. The second-order valence-corrected chi connectivity index (χ2v) is 6.02. The lowest BCUT2D eigenvalue weighted by atomic mass is 9.96. The summed E-state index contributed by atoms with van der Waals surface area (Å²) in [6.45, 7) is 0. The first-order chi connectivity index (χ1) is 7.06. The number of hydrogen-bond acceptors (Lipinski definition) is 1. The highest BCUT2D eigenvalue weighted by Gasteiger charge is 2.29. The van der Waals surface area contributed by atoms with Gasteiger partial charge in [-0.05, 0) is 18.9 Å². The van der Waals surface area contributed by atoms with Crippen LogP contribution < -0.4 is 4.74 Å². The Hall–Kier alpha value is 0.370. The van der Waals surface area contributed by atoms with Crippen LogP contribution in [0.3, 0.4) is 0 Å². The van der Waals surface area contributed by atoms with Gasteiger partial charge < -0.3 is 4.74 Å². The first-order valence-electron chi connectivity index (χ1n) is 4.51. The third-order valence-corrected chi connectivity index (χ3v) is 4.07. The molecule has 1 aromatic carbocycles. The minimum Gasteiger partial charge on any atom is -0.489 e. The zero-order valence-electron chi connectivity index (χ0n) is 7.64. The molecule has 1 aliphatic rings. The Kier molecular flexibility index (Phi) is 3.71. The van der Waals surface area contributed by atoms with Gasteiger partial charge in [0.2, 0.25) is 0 Å². The SMILES string of the molecule is Clc1cc(Cl)c(OC2CC(Br)C2)cc1Cl. The van der Waals surface area contributed by atoms with E-state index < -0.39 is 0 Å². The molecule has 0 saturated heterocycles. The van der Waals surface area contributed by atoms with Crippen LogP contribution in [0.25, 0.3) is 0 Å². The quantitative estimate of drug-likeness (QED) is 0.550. The molecule has 0 N–H and O–H groups in total. The van der Waals surface area contributed by atoms with E-state index in [-0.39, 0.29) is 6.10 Å². The molecule has 1 saturated carbocycles. The van der Waals surface area contributed by atoms with Crippen LogP contribution >= 0.6 is 50.7 Å². The van der Waals surface area contributed by atoms with E-state index in [4.69, 9.17) is 39.5 Å². The van der Waals surface area contributed by atoms with Crippen LogP contribution in [0.2, 0.25) is 15.1 Å². The maximum Gasteiger partial charge on any atom is 0.139 e. The highest BCUT2D eigenvalue weighted by Crippen LogP contribution is 2.37. The van der Waals surface area contributed by atoms with Crippen LogP contribution in [0.15, 0.2) is 12.1 Å². The van der Waals surface area contributed by atoms with Gasteiger partial charge >= 0.3 is 0 Å². The van der Waals surface area contributed by atoms with Gasteiger partial charge in [0.15, 0.2) is 0 Å². The molecule has 0 atom stereocenters. The third-order valence-electron chi connectivity index (χ3n) is 2.31. The first-order valence-corrected chi connectivity index (χ1v) is 6.56. The molecule has 0 spiro atoms. The molecular weight excluding hydrogens is 322 g/mol. The monoisotopic (exact) mass is 328 g/mol. The first kappa shape index (κ1) is 11.8. The van der Waals surface area contributed by atoms with E-state index in [2.05, 4.69) is 15.9 Å². The van der Waals surface area contributed by atoms with Crippen LogP contribution in [0.1, 0.15) is 12.8 Å². The summed E-state index contributed by atoms with van der Waals surface area (Å²) in [6.07, 6.45) is 2.22. The Bertz CT molecular complexity index is 377. The van der Waals surface area contributed by atoms with Gasteiger partial charge in [-0.25, -0.2) is 0 Å². The minimum absolute atomic E-state index is 0.226. The maximum absolute atomic E-state index is 5.98. The topological polar surface area (TPSA) is 9.23 Å². The summed E-state index contributed by atoms with van der Waals surface area (Å²) < 4.78 is 5.68. The van der Waals surface area contributed by atoms with Crippen molar-refractivity contribution in [3.63, 3.8) is 0 Å². The van der Waals surface area contributed by atoms with E-state index in [0.29, 0.717) is 25.6 Å². The molecule has 0 aliphatic heterocycles. The Morgan fingerprint density at radius 3 is 2.27 bits per heavy atom. The van der Waals surface area contributed by atoms with Gasteiger partial charge in [0.1, 0.15) is 11.9 Å². The molecule has 1 aromatic rings. The van der Waals surface area contributed by atoms with Crippen molar-refractivity contribution in [2.24, 2.45) is 0 Å². The van der Waals surface area contributed by atoms with Gasteiger partial charge in [0, 0.05) is 10.9 Å². The average molecular weight is 330 g/mol. The molecule has 1 aliphatic carbocycles. The smallest absolute Gasteiger partial charge is 0.139 e. The fourth-order valence-corrected chi connectivity index (χ4v) is 2.79. The molecule has 5 heteroatoms. The molecular formula is C10H8BrCl3O. The zero-order chi connectivity index (χ0) is 11.0. The fourth-order valence-electron chi connectivity index (χ4n) is 1.37. The van der Waals surface area contributed by atoms with Gasteiger partial charge in [0.25, 0.3) is 0 Å². The summed E-state index contributed by atoms with van der Waals surface area (Å²) in [5.74, 6) is 0.607. The van der Waals surface area contributed by atoms with Crippen LogP contribution in [0.4, 0.5) is 0 Å². The highest BCUT2D eigenvalue weighted by molar-refractivity contribution is 9.09. The lowest BCUT2D eigenvalue weighted by molar-refractivity contribution is 0.128. The van der Waals surface area contributed by atoms with Crippen molar-refractivity contribution in [1.82, 2.24) is 0 Å². The second-order valence-electron chi connectivity index (χ2n) is 3.51. The molecule has 1 fully saturated rings. The van der Waals surface area contributed by atoms with Gasteiger partial charge in [-0.1, -0.05) is 50.7 Å². The van der Waals surface area contributed by atoms with E-state index in [0.717, 1.165) is 12.8 Å². The Morgan fingerprint density at radius 1 is 1.07 bits per heavy atom. The number of benzene rings is 1. The summed E-state index contributed by atoms with van der Waals surface area (Å²) in [7, 11) is 0. The number of hydrogen-bond donors (Lipinski definition) is 0. The lowest BCUT2D eigenvalue weighted by Crippen LogP contribution is -2.34. The molecule has 0 heterocycles. The van der Waals surface area contributed by atoms with E-state index >= 15 is 0 Å². The second kappa shape index (κ2) is 4.70. The minimum atomic E-state index is 0.226. The summed E-state index contributed by atoms with van der Waals surface area (Å²) in [6, 6.07) is 3.26. The third kappa shape index (κ3) is 2.73. The molecule has 15 heavy (non-hydrogen) atoms. The number of alkyl halides is 1. The van der Waals surface area contributed by atoms with Gasteiger partial charge in [-0.15, -0.1) is 0 Å². The van der Waals surface area contributed by atoms with Crippen molar-refractivity contribution in [3.8, 4) is 5.75 Å². The van der Waals surface area contributed by atoms with E-state index in [1.54, 1.807) is 12.1 Å². The van der Waals surface area contributed by atoms with Gasteiger partial charge in [-0.3, -0.25) is 0 Å². The molecule has 1 nitrogen and oxygen atoms in total. The number of rotatable bonds is 2. The van der Waals surface area contributed by atoms with Crippen LogP contribution in [-0.2, 0) is 0 Å². The molecule has 0 unspecified atom stereocenters. The van der Waals surface area contributed by atoms with Crippen molar-refractivity contribution < 1.29 is 4.74 Å². The standard InChI is InChI=1S/C10H8BrCl3O/c11-5-1-6(2-5)15-10-4-8(13)7(12)3-9(10)14/h3-6H,1-2H2. The summed E-state index contributed by atoms with van der Waals surface area (Å²) >= 11 is 21.2. The predicted molar refractivity (Wildman–Crippen MR) is 67.8 cm³/mol. The van der Waals surface area contributed by atoms with E-state index in [1.165, 1.54) is 0 Å². The fraction of sp³-hybridized carbons (Fsp3) is 0.400. The lowest BCUT2D eigenvalue weighted by Gasteiger charge is -2.31. The van der Waals surface area contributed by atoms with E-state index in [1.807, 2.05) is 0 Å². The molecule has 82 valence electrons. The van der Waals surface area contributed by atoms with Crippen molar-refractivity contribution in [3.05, 3.63) is 27.2 Å². The summed E-state index contributed by atoms with van der Waals surface area (Å²) in [5.41, 5.74) is 0. The molecule has 0 bridgehead atoms.